The molecule has 2 N–H and O–H groups in total. The SMILES string of the molecule is F/C=C/CNOCOc1ccccc1NC/C=C/F. The first-order valence-electron chi connectivity index (χ1n) is 5.69. The zero-order valence-corrected chi connectivity index (χ0v) is 10.3. The molecule has 0 spiro atoms. The lowest BCUT2D eigenvalue weighted by Gasteiger charge is -2.12. The van der Waals surface area contributed by atoms with Gasteiger partial charge in [0.2, 0.25) is 6.79 Å². The number of hydrogen-bond acceptors (Lipinski definition) is 4. The molecule has 6 heteroatoms. The Bertz CT molecular complexity index is 411. The van der Waals surface area contributed by atoms with Crippen LogP contribution in [0.1, 0.15) is 0 Å². The molecule has 0 radical (unpaired) electrons. The average molecular weight is 270 g/mol. The summed E-state index contributed by atoms with van der Waals surface area (Å²) in [5.74, 6) is 0.581. The highest BCUT2D eigenvalue weighted by molar-refractivity contribution is 5.56. The lowest BCUT2D eigenvalue weighted by Crippen LogP contribution is -2.18. The second-order valence-electron chi connectivity index (χ2n) is 3.36. The molecule has 0 amide bonds. The minimum Gasteiger partial charge on any atom is -0.464 e. The third kappa shape index (κ3) is 6.54. The Labute approximate surface area is 110 Å². The van der Waals surface area contributed by atoms with Crippen LogP contribution in [0.25, 0.3) is 0 Å². The first-order valence-corrected chi connectivity index (χ1v) is 5.69. The number of rotatable bonds is 9. The molecule has 104 valence electrons. The van der Waals surface area contributed by atoms with Crippen molar-refractivity contribution in [1.82, 2.24) is 5.48 Å². The van der Waals surface area contributed by atoms with Crippen LogP contribution in [0.2, 0.25) is 0 Å². The molecule has 0 aliphatic rings. The van der Waals surface area contributed by atoms with Gasteiger partial charge in [0.05, 0.1) is 18.3 Å². The van der Waals surface area contributed by atoms with Gasteiger partial charge in [0.15, 0.2) is 0 Å². The van der Waals surface area contributed by atoms with Gasteiger partial charge in [-0.3, -0.25) is 4.84 Å². The molecule has 1 aromatic carbocycles. The molecule has 0 bridgehead atoms. The van der Waals surface area contributed by atoms with Crippen LogP contribution in [0.15, 0.2) is 49.1 Å². The van der Waals surface area contributed by atoms with E-state index in [1.165, 1.54) is 12.2 Å². The van der Waals surface area contributed by atoms with Crippen molar-refractivity contribution < 1.29 is 18.4 Å². The molecule has 0 fully saturated rings. The lowest BCUT2D eigenvalue weighted by atomic mass is 10.3. The topological polar surface area (TPSA) is 42.5 Å². The van der Waals surface area contributed by atoms with Crippen LogP contribution in [-0.2, 0) is 4.84 Å². The van der Waals surface area contributed by atoms with Gasteiger partial charge in [-0.25, -0.2) is 8.78 Å². The van der Waals surface area contributed by atoms with Gasteiger partial charge in [0.1, 0.15) is 5.75 Å². The number of nitrogens with one attached hydrogen (secondary N) is 2. The molecular weight excluding hydrogens is 254 g/mol. The van der Waals surface area contributed by atoms with Gasteiger partial charge in [-0.05, 0) is 24.3 Å². The third-order valence-electron chi connectivity index (χ3n) is 2.05. The molecule has 0 atom stereocenters. The fourth-order valence-corrected chi connectivity index (χ4v) is 1.24. The Balaban J connectivity index is 2.35. The highest BCUT2D eigenvalue weighted by Gasteiger charge is 2.01. The molecule has 0 aliphatic heterocycles. The number of halogens is 2. The van der Waals surface area contributed by atoms with E-state index in [9.17, 15) is 8.78 Å². The van der Waals surface area contributed by atoms with Gasteiger partial charge in [-0.2, -0.15) is 5.48 Å². The molecule has 4 nitrogen and oxygen atoms in total. The highest BCUT2D eigenvalue weighted by Crippen LogP contribution is 2.23. The predicted molar refractivity (Wildman–Crippen MR) is 70.0 cm³/mol. The number of hydroxylamine groups is 1. The maximum atomic E-state index is 11.8. The second-order valence-corrected chi connectivity index (χ2v) is 3.36. The fourth-order valence-electron chi connectivity index (χ4n) is 1.24. The van der Waals surface area contributed by atoms with Crippen molar-refractivity contribution in [2.24, 2.45) is 0 Å². The van der Waals surface area contributed by atoms with E-state index in [2.05, 4.69) is 10.8 Å². The Morgan fingerprint density at radius 3 is 2.58 bits per heavy atom. The Morgan fingerprint density at radius 1 is 1.05 bits per heavy atom. The molecule has 0 unspecified atom stereocenters. The summed E-state index contributed by atoms with van der Waals surface area (Å²) in [6.45, 7) is 0.579. The second kappa shape index (κ2) is 10.0. The number of ether oxygens (including phenoxy) is 1. The van der Waals surface area contributed by atoms with Gasteiger partial charge >= 0.3 is 0 Å². The first-order chi connectivity index (χ1) is 9.38. The highest BCUT2D eigenvalue weighted by atomic mass is 19.1. The molecule has 0 aliphatic carbocycles. The molecule has 0 aromatic heterocycles. The van der Waals surface area contributed by atoms with E-state index in [1.54, 1.807) is 12.1 Å². The van der Waals surface area contributed by atoms with E-state index in [0.717, 1.165) is 5.69 Å². The molecule has 0 heterocycles. The zero-order chi connectivity index (χ0) is 13.8. The smallest absolute Gasteiger partial charge is 0.207 e. The minimum absolute atomic E-state index is 0.0300. The summed E-state index contributed by atoms with van der Waals surface area (Å²) in [6, 6.07) is 7.21. The molecular formula is C13H16F2N2O2. The van der Waals surface area contributed by atoms with E-state index in [-0.39, 0.29) is 13.3 Å². The van der Waals surface area contributed by atoms with Crippen molar-refractivity contribution in [2.45, 2.75) is 0 Å². The van der Waals surface area contributed by atoms with Crippen molar-refractivity contribution in [3.8, 4) is 5.75 Å². The quantitative estimate of drug-likeness (QED) is 0.411. The molecule has 0 saturated carbocycles. The number of hydrogen-bond donors (Lipinski definition) is 2. The van der Waals surface area contributed by atoms with Crippen LogP contribution in [0.5, 0.6) is 5.75 Å². The van der Waals surface area contributed by atoms with Crippen LogP contribution < -0.4 is 15.5 Å². The normalized spacial score (nSPS) is 11.3. The van der Waals surface area contributed by atoms with Gasteiger partial charge in [0.25, 0.3) is 0 Å². The molecule has 0 saturated heterocycles. The molecule has 1 rings (SSSR count). The Hall–Kier alpha value is -1.92. The van der Waals surface area contributed by atoms with Crippen molar-refractivity contribution in [1.29, 1.82) is 0 Å². The van der Waals surface area contributed by atoms with Crippen molar-refractivity contribution in [3.63, 3.8) is 0 Å². The predicted octanol–water partition coefficient (Wildman–Crippen LogP) is 2.92. The van der Waals surface area contributed by atoms with Crippen LogP contribution in [0, 0.1) is 0 Å². The summed E-state index contributed by atoms with van der Waals surface area (Å²) < 4.78 is 28.8. The summed E-state index contributed by atoms with van der Waals surface area (Å²) in [7, 11) is 0. The molecule has 19 heavy (non-hydrogen) atoms. The standard InChI is InChI=1S/C13H16F2N2O2/c14-7-3-9-16-12-5-1-2-6-13(12)18-11-19-17-10-4-8-15/h1-8,16-17H,9-11H2/b7-3+,8-4+. The summed E-state index contributed by atoms with van der Waals surface area (Å²) in [5.41, 5.74) is 3.22. The summed E-state index contributed by atoms with van der Waals surface area (Å²) in [4.78, 5) is 4.93. The number of anilines is 1. The summed E-state index contributed by atoms with van der Waals surface area (Å²) >= 11 is 0. The van der Waals surface area contributed by atoms with Crippen molar-refractivity contribution in [2.75, 3.05) is 25.2 Å². The van der Waals surface area contributed by atoms with Crippen LogP contribution >= 0.6 is 0 Å². The first kappa shape index (κ1) is 15.1. The van der Waals surface area contributed by atoms with Crippen molar-refractivity contribution >= 4 is 5.69 Å². The third-order valence-corrected chi connectivity index (χ3v) is 2.05. The van der Waals surface area contributed by atoms with Gasteiger partial charge in [-0.15, -0.1) is 0 Å². The average Bonchev–Trinajstić information content (AvgIpc) is 2.44. The van der Waals surface area contributed by atoms with E-state index < -0.39 is 0 Å². The lowest BCUT2D eigenvalue weighted by molar-refractivity contribution is -0.0424. The van der Waals surface area contributed by atoms with E-state index in [1.807, 2.05) is 12.1 Å². The van der Waals surface area contributed by atoms with E-state index in [0.29, 0.717) is 25.0 Å². The van der Waals surface area contributed by atoms with Gasteiger partial charge < -0.3 is 10.1 Å². The van der Waals surface area contributed by atoms with Crippen LogP contribution in [0.4, 0.5) is 14.5 Å². The Kier molecular flexibility index (Phi) is 8.00. The maximum Gasteiger partial charge on any atom is 0.207 e. The number of para-hydroxylation sites is 2. The minimum atomic E-state index is -0.0300. The van der Waals surface area contributed by atoms with E-state index >= 15 is 0 Å². The maximum absolute atomic E-state index is 11.8. The summed E-state index contributed by atoms with van der Waals surface area (Å²) in [6.07, 6.45) is 3.51. The van der Waals surface area contributed by atoms with Crippen molar-refractivity contribution in [3.05, 3.63) is 49.1 Å². The van der Waals surface area contributed by atoms with E-state index in [4.69, 9.17) is 9.57 Å². The van der Waals surface area contributed by atoms with Gasteiger partial charge in [0, 0.05) is 13.1 Å². The Morgan fingerprint density at radius 2 is 1.79 bits per heavy atom. The zero-order valence-electron chi connectivity index (χ0n) is 10.3. The van der Waals surface area contributed by atoms with Gasteiger partial charge in [-0.1, -0.05) is 12.1 Å². The summed E-state index contributed by atoms with van der Waals surface area (Å²) in [5, 5.41) is 2.99. The van der Waals surface area contributed by atoms with Crippen LogP contribution in [0.3, 0.4) is 0 Å². The largest absolute Gasteiger partial charge is 0.464 e. The van der Waals surface area contributed by atoms with Crippen LogP contribution in [-0.4, -0.2) is 19.9 Å². The molecule has 1 aromatic rings. The monoisotopic (exact) mass is 270 g/mol. The fraction of sp³-hybridized carbons (Fsp3) is 0.231. The number of benzene rings is 1.